The number of rotatable bonds is 3. The van der Waals surface area contributed by atoms with E-state index in [2.05, 4.69) is 0 Å². The molecule has 1 N–H and O–H groups in total. The topological polar surface area (TPSA) is 33.4 Å². The molecule has 0 saturated heterocycles. The minimum absolute atomic E-state index is 0.329. The van der Waals surface area contributed by atoms with E-state index in [4.69, 9.17) is 16.0 Å². The first kappa shape index (κ1) is 8.62. The fourth-order valence-corrected chi connectivity index (χ4v) is 1.08. The zero-order chi connectivity index (χ0) is 8.27. The molecule has 0 radical (unpaired) electrons. The van der Waals surface area contributed by atoms with E-state index in [0.717, 1.165) is 6.42 Å². The lowest BCUT2D eigenvalue weighted by atomic mass is 10.2. The Morgan fingerprint density at radius 3 is 2.82 bits per heavy atom. The van der Waals surface area contributed by atoms with Crippen molar-refractivity contribution in [1.29, 1.82) is 0 Å². The van der Waals surface area contributed by atoms with Crippen LogP contribution in [-0.4, -0.2) is 5.11 Å². The summed E-state index contributed by atoms with van der Waals surface area (Å²) in [4.78, 5) is 0. The van der Waals surface area contributed by atoms with E-state index in [1.165, 1.54) is 0 Å². The molecular weight excluding hydrogens is 164 g/mol. The average molecular weight is 175 g/mol. The molecule has 1 rings (SSSR count). The van der Waals surface area contributed by atoms with Gasteiger partial charge in [0.25, 0.3) is 0 Å². The van der Waals surface area contributed by atoms with Gasteiger partial charge >= 0.3 is 0 Å². The van der Waals surface area contributed by atoms with Crippen molar-refractivity contribution in [3.8, 4) is 0 Å². The van der Waals surface area contributed by atoms with Crippen LogP contribution in [0.25, 0.3) is 0 Å². The number of hydrogen-bond donors (Lipinski definition) is 1. The van der Waals surface area contributed by atoms with E-state index in [0.29, 0.717) is 17.4 Å². The van der Waals surface area contributed by atoms with Crippen molar-refractivity contribution < 1.29 is 9.52 Å². The lowest BCUT2D eigenvalue weighted by molar-refractivity contribution is 0.139. The summed E-state index contributed by atoms with van der Waals surface area (Å²) in [5.74, 6) is 0.553. The summed E-state index contributed by atoms with van der Waals surface area (Å²) in [6.07, 6.45) is 1.14. The predicted octanol–water partition coefficient (Wildman–Crippen LogP) is 2.77. The summed E-state index contributed by atoms with van der Waals surface area (Å²) < 4.78 is 5.01. The van der Waals surface area contributed by atoms with Crippen molar-refractivity contribution in [1.82, 2.24) is 0 Å². The van der Waals surface area contributed by atoms with Gasteiger partial charge in [0.05, 0.1) is 0 Å². The first-order chi connectivity index (χ1) is 5.24. The molecule has 0 amide bonds. The predicted molar refractivity (Wildman–Crippen MR) is 43.6 cm³/mol. The van der Waals surface area contributed by atoms with Crippen LogP contribution in [0, 0.1) is 0 Å². The van der Waals surface area contributed by atoms with Crippen molar-refractivity contribution in [2.75, 3.05) is 0 Å². The average Bonchev–Trinajstić information content (AvgIpc) is 2.36. The zero-order valence-corrected chi connectivity index (χ0v) is 7.14. The lowest BCUT2D eigenvalue weighted by Crippen LogP contribution is -1.93. The Balaban J connectivity index is 2.60. The van der Waals surface area contributed by atoms with Gasteiger partial charge in [-0.2, -0.15) is 0 Å². The monoisotopic (exact) mass is 174 g/mol. The normalized spacial score (nSPS) is 13.4. The molecule has 0 aromatic carbocycles. The van der Waals surface area contributed by atoms with Crippen LogP contribution in [0.5, 0.6) is 0 Å². The van der Waals surface area contributed by atoms with Crippen molar-refractivity contribution in [2.24, 2.45) is 0 Å². The maximum absolute atomic E-state index is 9.38. The van der Waals surface area contributed by atoms with E-state index in [1.54, 1.807) is 12.1 Å². The Morgan fingerprint density at radius 1 is 1.64 bits per heavy atom. The van der Waals surface area contributed by atoms with Gasteiger partial charge in [0, 0.05) is 0 Å². The number of aliphatic hydroxyl groups is 1. The zero-order valence-electron chi connectivity index (χ0n) is 6.38. The molecule has 0 aliphatic carbocycles. The van der Waals surface area contributed by atoms with E-state index in [9.17, 15) is 5.11 Å². The van der Waals surface area contributed by atoms with Gasteiger partial charge in [-0.05, 0) is 30.2 Å². The second-order valence-corrected chi connectivity index (χ2v) is 2.82. The van der Waals surface area contributed by atoms with Crippen LogP contribution in [-0.2, 0) is 0 Å². The Hall–Kier alpha value is -0.470. The molecule has 1 atom stereocenters. The van der Waals surface area contributed by atoms with E-state index < -0.39 is 6.10 Å². The largest absolute Gasteiger partial charge is 0.447 e. The quantitative estimate of drug-likeness (QED) is 0.765. The van der Waals surface area contributed by atoms with Crippen molar-refractivity contribution >= 4 is 11.6 Å². The second kappa shape index (κ2) is 3.79. The number of hydrogen-bond acceptors (Lipinski definition) is 2. The van der Waals surface area contributed by atoms with Crippen LogP contribution in [0.3, 0.4) is 0 Å². The molecule has 1 aromatic rings. The summed E-state index contributed by atoms with van der Waals surface area (Å²) >= 11 is 5.53. The van der Waals surface area contributed by atoms with E-state index in [1.807, 2.05) is 6.92 Å². The molecule has 1 heterocycles. The lowest BCUT2D eigenvalue weighted by Gasteiger charge is -2.03. The van der Waals surface area contributed by atoms with Crippen LogP contribution >= 0.6 is 11.6 Å². The molecular formula is C8H11ClO2. The molecule has 3 heteroatoms. The second-order valence-electron chi connectivity index (χ2n) is 2.45. The third kappa shape index (κ3) is 2.24. The summed E-state index contributed by atoms with van der Waals surface area (Å²) in [5.41, 5.74) is 0. The molecule has 0 aliphatic rings. The molecule has 0 bridgehead atoms. The van der Waals surface area contributed by atoms with Crippen molar-refractivity contribution in [2.45, 2.75) is 25.9 Å². The Labute approximate surface area is 70.8 Å². The van der Waals surface area contributed by atoms with Crippen LogP contribution in [0.1, 0.15) is 31.6 Å². The molecule has 0 saturated carbocycles. The minimum Gasteiger partial charge on any atom is -0.447 e. The highest BCUT2D eigenvalue weighted by Crippen LogP contribution is 2.22. The Morgan fingerprint density at radius 2 is 2.36 bits per heavy atom. The molecule has 0 spiro atoms. The number of halogens is 1. The van der Waals surface area contributed by atoms with E-state index in [-0.39, 0.29) is 0 Å². The van der Waals surface area contributed by atoms with Crippen LogP contribution in [0.2, 0.25) is 5.22 Å². The highest BCUT2D eigenvalue weighted by molar-refractivity contribution is 6.28. The molecule has 62 valence electrons. The van der Waals surface area contributed by atoms with Crippen molar-refractivity contribution in [3.05, 3.63) is 23.1 Å². The third-order valence-corrected chi connectivity index (χ3v) is 1.69. The Bertz CT molecular complexity index is 220. The highest BCUT2D eigenvalue weighted by atomic mass is 35.5. The van der Waals surface area contributed by atoms with Gasteiger partial charge in [-0.1, -0.05) is 13.3 Å². The highest BCUT2D eigenvalue weighted by Gasteiger charge is 2.09. The fourth-order valence-electron chi connectivity index (χ4n) is 0.923. The summed E-state index contributed by atoms with van der Waals surface area (Å²) in [6.45, 7) is 2.01. The molecule has 1 unspecified atom stereocenters. The molecule has 2 nitrogen and oxygen atoms in total. The molecule has 11 heavy (non-hydrogen) atoms. The standard InChI is InChI=1S/C8H11ClO2/c1-2-3-6(10)7-4-5-8(9)11-7/h4-6,10H,2-3H2,1H3. The van der Waals surface area contributed by atoms with Gasteiger partial charge in [-0.3, -0.25) is 0 Å². The summed E-state index contributed by atoms with van der Waals surface area (Å²) in [6, 6.07) is 3.33. The van der Waals surface area contributed by atoms with Gasteiger partial charge in [-0.25, -0.2) is 0 Å². The first-order valence-corrected chi connectivity index (χ1v) is 4.05. The molecule has 0 aliphatic heterocycles. The number of aliphatic hydroxyl groups excluding tert-OH is 1. The SMILES string of the molecule is CCCC(O)c1ccc(Cl)o1. The van der Waals surface area contributed by atoms with Gasteiger partial charge < -0.3 is 9.52 Å². The maximum atomic E-state index is 9.38. The number of furan rings is 1. The smallest absolute Gasteiger partial charge is 0.193 e. The van der Waals surface area contributed by atoms with Crippen LogP contribution < -0.4 is 0 Å². The van der Waals surface area contributed by atoms with Gasteiger partial charge in [0.15, 0.2) is 5.22 Å². The van der Waals surface area contributed by atoms with Gasteiger partial charge in [0.1, 0.15) is 11.9 Å². The van der Waals surface area contributed by atoms with Crippen molar-refractivity contribution in [3.63, 3.8) is 0 Å². The minimum atomic E-state index is -0.507. The van der Waals surface area contributed by atoms with E-state index >= 15 is 0 Å². The van der Waals surface area contributed by atoms with Gasteiger partial charge in [0.2, 0.25) is 0 Å². The third-order valence-electron chi connectivity index (χ3n) is 1.48. The molecule has 0 fully saturated rings. The van der Waals surface area contributed by atoms with Gasteiger partial charge in [-0.15, -0.1) is 0 Å². The maximum Gasteiger partial charge on any atom is 0.193 e. The summed E-state index contributed by atoms with van der Waals surface area (Å²) in [7, 11) is 0. The fraction of sp³-hybridized carbons (Fsp3) is 0.500. The Kier molecular flexibility index (Phi) is 2.97. The summed E-state index contributed by atoms with van der Waals surface area (Å²) in [5, 5.41) is 9.71. The van der Waals surface area contributed by atoms with Crippen LogP contribution in [0.4, 0.5) is 0 Å². The van der Waals surface area contributed by atoms with Crippen LogP contribution in [0.15, 0.2) is 16.5 Å². The first-order valence-electron chi connectivity index (χ1n) is 3.67. The molecule has 1 aromatic heterocycles.